The summed E-state index contributed by atoms with van der Waals surface area (Å²) in [5.41, 5.74) is 4.14. The van der Waals surface area contributed by atoms with Gasteiger partial charge in [-0.2, -0.15) is 0 Å². The van der Waals surface area contributed by atoms with E-state index in [9.17, 15) is 23.2 Å². The Morgan fingerprint density at radius 3 is 2.12 bits per heavy atom. The van der Waals surface area contributed by atoms with Gasteiger partial charge < -0.3 is 25.2 Å². The molecule has 0 aliphatic heterocycles. The maximum atomic E-state index is 13.1. The number of rotatable bonds is 11. The number of hydrogen-bond acceptors (Lipinski definition) is 5. The van der Waals surface area contributed by atoms with E-state index in [1.165, 1.54) is 7.11 Å². The number of halogens is 2. The van der Waals surface area contributed by atoms with Crippen LogP contribution in [0, 0.1) is 0 Å². The van der Waals surface area contributed by atoms with E-state index in [1.54, 1.807) is 0 Å². The van der Waals surface area contributed by atoms with E-state index >= 15 is 0 Å². The zero-order valence-corrected chi connectivity index (χ0v) is 18.5. The lowest BCUT2D eigenvalue weighted by molar-refractivity contribution is -0.139. The van der Waals surface area contributed by atoms with Gasteiger partial charge in [0, 0.05) is 26.1 Å². The van der Waals surface area contributed by atoms with E-state index in [2.05, 4.69) is 5.32 Å². The third-order valence-corrected chi connectivity index (χ3v) is 5.59. The number of ether oxygens (including phenoxy) is 2. The number of alkyl halides is 2. The van der Waals surface area contributed by atoms with Gasteiger partial charge in [-0.25, -0.2) is 13.6 Å². The van der Waals surface area contributed by atoms with Crippen molar-refractivity contribution in [2.45, 2.75) is 37.3 Å². The van der Waals surface area contributed by atoms with Crippen LogP contribution in [0.15, 0.2) is 48.5 Å². The van der Waals surface area contributed by atoms with Crippen LogP contribution in [0.4, 0.5) is 13.6 Å². The number of amides is 2. The minimum atomic E-state index is -3.09. The molecule has 0 spiro atoms. The zero-order valence-electron chi connectivity index (χ0n) is 18.5. The highest BCUT2D eigenvalue weighted by molar-refractivity contribution is 5.86. The van der Waals surface area contributed by atoms with Crippen LogP contribution in [-0.4, -0.2) is 61.9 Å². The van der Waals surface area contributed by atoms with E-state index in [-0.39, 0.29) is 25.6 Å². The highest BCUT2D eigenvalue weighted by Gasteiger charge is 2.31. The molecule has 0 saturated heterocycles. The summed E-state index contributed by atoms with van der Waals surface area (Å²) in [5.74, 6) is -2.62. The fourth-order valence-electron chi connectivity index (χ4n) is 3.96. The van der Waals surface area contributed by atoms with E-state index < -0.39 is 42.9 Å². The Hall–Kier alpha value is -3.53. The second-order valence-corrected chi connectivity index (χ2v) is 7.85. The fourth-order valence-corrected chi connectivity index (χ4v) is 3.96. The lowest BCUT2D eigenvalue weighted by atomic mass is 9.98. The molecule has 0 aromatic heterocycles. The second-order valence-electron chi connectivity index (χ2n) is 7.85. The van der Waals surface area contributed by atoms with Crippen LogP contribution in [0.25, 0.3) is 11.1 Å². The van der Waals surface area contributed by atoms with Gasteiger partial charge in [0.05, 0.1) is 6.42 Å². The van der Waals surface area contributed by atoms with Crippen molar-refractivity contribution in [1.82, 2.24) is 10.6 Å². The summed E-state index contributed by atoms with van der Waals surface area (Å²) < 4.78 is 36.6. The Balaban J connectivity index is 1.65. The van der Waals surface area contributed by atoms with Crippen molar-refractivity contribution in [2.75, 3.05) is 20.3 Å². The van der Waals surface area contributed by atoms with Crippen LogP contribution in [0.5, 0.6) is 0 Å². The Labute approximate surface area is 195 Å². The van der Waals surface area contributed by atoms with Gasteiger partial charge in [-0.1, -0.05) is 48.5 Å². The number of fused-ring (bicyclic) bond motifs is 3. The second kappa shape index (κ2) is 11.6. The van der Waals surface area contributed by atoms with Crippen LogP contribution in [0.3, 0.4) is 0 Å². The number of carboxylic acid groups (broad SMARTS) is 1. The number of aliphatic carboxylic acids is 1. The number of carboxylic acids is 1. The predicted molar refractivity (Wildman–Crippen MR) is 119 cm³/mol. The molecule has 1 aliphatic rings. The Morgan fingerprint density at radius 2 is 1.59 bits per heavy atom. The van der Waals surface area contributed by atoms with Gasteiger partial charge in [-0.3, -0.25) is 9.59 Å². The van der Waals surface area contributed by atoms with Crippen molar-refractivity contribution in [3.05, 3.63) is 59.7 Å². The molecule has 1 aliphatic carbocycles. The van der Waals surface area contributed by atoms with Gasteiger partial charge in [0.2, 0.25) is 5.91 Å². The molecule has 2 aromatic carbocycles. The minimum absolute atomic E-state index is 0.0111. The lowest BCUT2D eigenvalue weighted by Gasteiger charge is -2.22. The highest BCUT2D eigenvalue weighted by Crippen LogP contribution is 2.44. The van der Waals surface area contributed by atoms with Crippen LogP contribution in [0.2, 0.25) is 0 Å². The van der Waals surface area contributed by atoms with Gasteiger partial charge in [0.15, 0.2) is 0 Å². The first-order valence-electron chi connectivity index (χ1n) is 10.7. The largest absolute Gasteiger partial charge is 0.481 e. The molecule has 2 unspecified atom stereocenters. The molecule has 0 saturated carbocycles. The Bertz CT molecular complexity index is 987. The number of carbonyl (C=O) groups excluding carboxylic acids is 2. The van der Waals surface area contributed by atoms with Crippen molar-refractivity contribution in [2.24, 2.45) is 0 Å². The van der Waals surface area contributed by atoms with Crippen molar-refractivity contribution < 1.29 is 37.7 Å². The number of carbonyl (C=O) groups is 3. The Kier molecular flexibility index (Phi) is 8.53. The summed E-state index contributed by atoms with van der Waals surface area (Å²) in [5, 5.41) is 13.2. The number of methoxy groups -OCH3 is 1. The third-order valence-electron chi connectivity index (χ3n) is 5.59. The van der Waals surface area contributed by atoms with Gasteiger partial charge in [0.1, 0.15) is 18.7 Å². The molecule has 0 radical (unpaired) electrons. The van der Waals surface area contributed by atoms with Crippen LogP contribution in [0.1, 0.15) is 29.9 Å². The van der Waals surface area contributed by atoms with Crippen LogP contribution in [-0.2, 0) is 19.1 Å². The van der Waals surface area contributed by atoms with Crippen LogP contribution >= 0.6 is 0 Å². The normalized spacial score (nSPS) is 14.1. The number of benzene rings is 2. The summed E-state index contributed by atoms with van der Waals surface area (Å²) in [4.78, 5) is 35.8. The van der Waals surface area contributed by atoms with Gasteiger partial charge in [-0.15, -0.1) is 0 Å². The summed E-state index contributed by atoms with van der Waals surface area (Å²) in [6.07, 6.45) is -4.96. The molecule has 3 rings (SSSR count). The van der Waals surface area contributed by atoms with E-state index in [0.29, 0.717) is 0 Å². The van der Waals surface area contributed by atoms with Crippen molar-refractivity contribution in [3.63, 3.8) is 0 Å². The summed E-state index contributed by atoms with van der Waals surface area (Å²) >= 11 is 0. The molecule has 3 N–H and O–H groups in total. The average molecular weight is 476 g/mol. The topological polar surface area (TPSA) is 114 Å². The molecule has 0 bridgehead atoms. The smallest absolute Gasteiger partial charge is 0.407 e. The Morgan fingerprint density at radius 1 is 1.00 bits per heavy atom. The quantitative estimate of drug-likeness (QED) is 0.459. The summed E-state index contributed by atoms with van der Waals surface area (Å²) in [7, 11) is 1.38. The third kappa shape index (κ3) is 6.07. The monoisotopic (exact) mass is 476 g/mol. The van der Waals surface area contributed by atoms with E-state index in [4.69, 9.17) is 14.6 Å². The predicted octanol–water partition coefficient (Wildman–Crippen LogP) is 3.15. The standard InChI is InChI=1S/C24H26F2N2O6/c1-33-11-10-19(23(31)27-20(22(25)26)12-21(29)30)28-24(32)34-13-18-16-8-4-2-6-14(16)15-7-3-5-9-17(15)18/h2-9,18-20,22H,10-13H2,1H3,(H,27,31)(H,28,32)(H,29,30). The van der Waals surface area contributed by atoms with Crippen LogP contribution < -0.4 is 10.6 Å². The van der Waals surface area contributed by atoms with Crippen molar-refractivity contribution in [1.29, 1.82) is 0 Å². The lowest BCUT2D eigenvalue weighted by Crippen LogP contribution is -2.52. The van der Waals surface area contributed by atoms with Crippen molar-refractivity contribution in [3.8, 4) is 11.1 Å². The SMILES string of the molecule is COCCC(NC(=O)OCC1c2ccccc2-c2ccccc21)C(=O)NC(CC(=O)O)C(F)F. The molecule has 10 heteroatoms. The first-order valence-corrected chi connectivity index (χ1v) is 10.7. The number of hydrogen-bond donors (Lipinski definition) is 3. The minimum Gasteiger partial charge on any atom is -0.481 e. The van der Waals surface area contributed by atoms with E-state index in [1.807, 2.05) is 53.8 Å². The average Bonchev–Trinajstić information content (AvgIpc) is 3.13. The molecule has 0 fully saturated rings. The summed E-state index contributed by atoms with van der Waals surface area (Å²) in [6, 6.07) is 12.4. The van der Waals surface area contributed by atoms with Gasteiger partial charge in [0.25, 0.3) is 6.43 Å². The first kappa shape index (κ1) is 25.1. The molecule has 0 heterocycles. The maximum Gasteiger partial charge on any atom is 0.407 e. The zero-order chi connectivity index (χ0) is 24.7. The molecule has 182 valence electrons. The van der Waals surface area contributed by atoms with Gasteiger partial charge in [-0.05, 0) is 22.3 Å². The maximum absolute atomic E-state index is 13.1. The number of alkyl carbamates (subject to hydrolysis) is 1. The molecule has 8 nitrogen and oxygen atoms in total. The molecule has 2 atom stereocenters. The highest BCUT2D eigenvalue weighted by atomic mass is 19.3. The number of nitrogens with one attached hydrogen (secondary N) is 2. The molecular formula is C24H26F2N2O6. The summed E-state index contributed by atoms with van der Waals surface area (Å²) in [6.45, 7) is 0.0666. The van der Waals surface area contributed by atoms with Crippen molar-refractivity contribution >= 4 is 18.0 Å². The van der Waals surface area contributed by atoms with E-state index in [0.717, 1.165) is 22.3 Å². The molecular weight excluding hydrogens is 450 g/mol. The molecule has 2 amide bonds. The fraction of sp³-hybridized carbons (Fsp3) is 0.375. The molecule has 34 heavy (non-hydrogen) atoms. The first-order chi connectivity index (χ1) is 16.3. The molecule has 2 aromatic rings. The van der Waals surface area contributed by atoms with Gasteiger partial charge >= 0.3 is 12.1 Å².